The fourth-order valence-corrected chi connectivity index (χ4v) is 3.70. The average Bonchev–Trinajstić information content (AvgIpc) is 2.72. The number of halogens is 1. The number of hydrogen-bond donors (Lipinski definition) is 1. The summed E-state index contributed by atoms with van der Waals surface area (Å²) in [4.78, 5) is 33.9. The minimum absolute atomic E-state index is 0.0833. The lowest BCUT2D eigenvalue weighted by molar-refractivity contribution is -0.137. The highest BCUT2D eigenvalue weighted by molar-refractivity contribution is 6.32. The summed E-state index contributed by atoms with van der Waals surface area (Å²) >= 11 is 6.25. The van der Waals surface area contributed by atoms with Crippen molar-refractivity contribution in [2.75, 3.05) is 31.1 Å². The van der Waals surface area contributed by atoms with Crippen molar-refractivity contribution in [2.24, 2.45) is 5.92 Å². The zero-order valence-corrected chi connectivity index (χ0v) is 17.6. The SMILES string of the molecule is CC(C)CC(=O)NC(C(=O)N1CCN(c2ncccc2Cl)CC1)c1ccccc1. The van der Waals surface area contributed by atoms with E-state index in [9.17, 15) is 9.59 Å². The molecule has 1 aliphatic heterocycles. The Balaban J connectivity index is 1.70. The number of nitrogens with zero attached hydrogens (tertiary/aromatic N) is 3. The zero-order valence-electron chi connectivity index (χ0n) is 16.8. The number of anilines is 1. The van der Waals surface area contributed by atoms with Gasteiger partial charge in [-0.3, -0.25) is 9.59 Å². The fraction of sp³-hybridized carbons (Fsp3) is 0.409. The van der Waals surface area contributed by atoms with Gasteiger partial charge in [0.1, 0.15) is 11.9 Å². The minimum Gasteiger partial charge on any atom is -0.352 e. The molecule has 154 valence electrons. The average molecular weight is 415 g/mol. The summed E-state index contributed by atoms with van der Waals surface area (Å²) in [5.74, 6) is 0.778. The molecular formula is C22H27ClN4O2. The molecule has 0 aliphatic carbocycles. The van der Waals surface area contributed by atoms with Gasteiger partial charge in [-0.15, -0.1) is 0 Å². The second-order valence-corrected chi connectivity index (χ2v) is 8.04. The van der Waals surface area contributed by atoms with Crippen LogP contribution in [-0.2, 0) is 9.59 Å². The van der Waals surface area contributed by atoms with Gasteiger partial charge in [0.25, 0.3) is 0 Å². The highest BCUT2D eigenvalue weighted by Crippen LogP contribution is 2.24. The van der Waals surface area contributed by atoms with Crippen molar-refractivity contribution < 1.29 is 9.59 Å². The van der Waals surface area contributed by atoms with E-state index in [-0.39, 0.29) is 17.7 Å². The van der Waals surface area contributed by atoms with Crippen LogP contribution in [0.15, 0.2) is 48.7 Å². The Morgan fingerprint density at radius 2 is 1.76 bits per heavy atom. The molecule has 29 heavy (non-hydrogen) atoms. The molecule has 0 saturated carbocycles. The molecule has 0 bridgehead atoms. The molecule has 0 radical (unpaired) electrons. The quantitative estimate of drug-likeness (QED) is 0.787. The summed E-state index contributed by atoms with van der Waals surface area (Å²) < 4.78 is 0. The molecule has 1 unspecified atom stereocenters. The van der Waals surface area contributed by atoms with Crippen LogP contribution in [0.25, 0.3) is 0 Å². The normalized spacial score (nSPS) is 15.3. The molecule has 2 aromatic rings. The van der Waals surface area contributed by atoms with Crippen LogP contribution in [-0.4, -0.2) is 47.9 Å². The molecule has 1 aliphatic rings. The third-order valence-corrected chi connectivity index (χ3v) is 5.20. The lowest BCUT2D eigenvalue weighted by Gasteiger charge is -2.37. The van der Waals surface area contributed by atoms with Crippen LogP contribution in [0.1, 0.15) is 31.9 Å². The summed E-state index contributed by atoms with van der Waals surface area (Å²) in [5, 5.41) is 3.54. The standard InChI is InChI=1S/C22H27ClN4O2/c1-16(2)15-19(28)25-20(17-7-4-3-5-8-17)22(29)27-13-11-26(12-14-27)21-18(23)9-6-10-24-21/h3-10,16,20H,11-15H2,1-2H3,(H,25,28). The summed E-state index contributed by atoms with van der Waals surface area (Å²) in [5.41, 5.74) is 0.796. The van der Waals surface area contributed by atoms with Crippen LogP contribution >= 0.6 is 11.6 Å². The van der Waals surface area contributed by atoms with Crippen molar-refractivity contribution in [2.45, 2.75) is 26.3 Å². The van der Waals surface area contributed by atoms with Crippen molar-refractivity contribution in [3.8, 4) is 0 Å². The Kier molecular flexibility index (Phi) is 7.09. The molecular weight excluding hydrogens is 388 g/mol. The number of hydrogen-bond acceptors (Lipinski definition) is 4. The third-order valence-electron chi connectivity index (χ3n) is 4.91. The number of amides is 2. The maximum Gasteiger partial charge on any atom is 0.249 e. The molecule has 0 spiro atoms. The first kappa shape index (κ1) is 21.1. The van der Waals surface area contributed by atoms with Crippen molar-refractivity contribution in [1.29, 1.82) is 0 Å². The molecule has 3 rings (SSSR count). The number of piperazine rings is 1. The minimum atomic E-state index is -0.674. The van der Waals surface area contributed by atoms with E-state index < -0.39 is 6.04 Å². The summed E-state index contributed by atoms with van der Waals surface area (Å²) in [6, 6.07) is 12.4. The van der Waals surface area contributed by atoms with E-state index in [4.69, 9.17) is 11.6 Å². The molecule has 1 N–H and O–H groups in total. The number of carbonyl (C=O) groups excluding carboxylic acids is 2. The summed E-state index contributed by atoms with van der Waals surface area (Å²) in [7, 11) is 0. The van der Waals surface area contributed by atoms with Crippen LogP contribution in [0.4, 0.5) is 5.82 Å². The van der Waals surface area contributed by atoms with E-state index in [0.717, 1.165) is 11.4 Å². The topological polar surface area (TPSA) is 65.5 Å². The Bertz CT molecular complexity index is 836. The first-order chi connectivity index (χ1) is 14.0. The van der Waals surface area contributed by atoms with Crippen molar-refractivity contribution >= 4 is 29.2 Å². The number of pyridine rings is 1. The predicted molar refractivity (Wildman–Crippen MR) is 115 cm³/mol. The van der Waals surface area contributed by atoms with E-state index in [1.165, 1.54) is 0 Å². The maximum absolute atomic E-state index is 13.3. The molecule has 1 atom stereocenters. The number of nitrogens with one attached hydrogen (secondary N) is 1. The van der Waals surface area contributed by atoms with Crippen molar-refractivity contribution in [1.82, 2.24) is 15.2 Å². The smallest absolute Gasteiger partial charge is 0.249 e. The van der Waals surface area contributed by atoms with Gasteiger partial charge in [-0.1, -0.05) is 55.8 Å². The van der Waals surface area contributed by atoms with Crippen molar-refractivity contribution in [3.05, 3.63) is 59.2 Å². The van der Waals surface area contributed by atoms with Crippen LogP contribution in [0.3, 0.4) is 0 Å². The van der Waals surface area contributed by atoms with Crippen LogP contribution in [0.5, 0.6) is 0 Å². The molecule has 7 heteroatoms. The van der Waals surface area contributed by atoms with Crippen LogP contribution in [0, 0.1) is 5.92 Å². The third kappa shape index (κ3) is 5.48. The highest BCUT2D eigenvalue weighted by Gasteiger charge is 2.30. The molecule has 2 heterocycles. The van der Waals surface area contributed by atoms with Crippen molar-refractivity contribution in [3.63, 3.8) is 0 Å². The molecule has 1 aromatic heterocycles. The number of aromatic nitrogens is 1. The maximum atomic E-state index is 13.3. The molecule has 1 saturated heterocycles. The van der Waals surface area contributed by atoms with E-state index in [2.05, 4.69) is 15.2 Å². The van der Waals surface area contributed by atoms with Gasteiger partial charge in [-0.25, -0.2) is 4.98 Å². The number of benzene rings is 1. The molecule has 2 amide bonds. The second-order valence-electron chi connectivity index (χ2n) is 7.63. The van der Waals surface area contributed by atoms with E-state index in [1.807, 2.05) is 50.2 Å². The van der Waals surface area contributed by atoms with Gasteiger partial charge in [-0.05, 0) is 23.6 Å². The Morgan fingerprint density at radius 1 is 1.07 bits per heavy atom. The van der Waals surface area contributed by atoms with Gasteiger partial charge >= 0.3 is 0 Å². The summed E-state index contributed by atoms with van der Waals surface area (Å²) in [6.45, 7) is 6.36. The van der Waals surface area contributed by atoms with Gasteiger partial charge in [0.15, 0.2) is 0 Å². The monoisotopic (exact) mass is 414 g/mol. The van der Waals surface area contributed by atoms with Gasteiger partial charge < -0.3 is 15.1 Å². The van der Waals surface area contributed by atoms with Crippen LogP contribution in [0.2, 0.25) is 5.02 Å². The zero-order chi connectivity index (χ0) is 20.8. The van der Waals surface area contributed by atoms with Gasteiger partial charge in [0.05, 0.1) is 5.02 Å². The number of rotatable bonds is 6. The second kappa shape index (κ2) is 9.74. The Labute approximate surface area is 176 Å². The first-order valence-electron chi connectivity index (χ1n) is 9.94. The van der Waals surface area contributed by atoms with E-state index in [0.29, 0.717) is 37.6 Å². The first-order valence-corrected chi connectivity index (χ1v) is 10.3. The lowest BCUT2D eigenvalue weighted by atomic mass is 10.0. The molecule has 1 aromatic carbocycles. The largest absolute Gasteiger partial charge is 0.352 e. The van der Waals surface area contributed by atoms with Crippen LogP contribution < -0.4 is 10.2 Å². The Morgan fingerprint density at radius 3 is 2.38 bits per heavy atom. The number of carbonyl (C=O) groups is 2. The summed E-state index contributed by atoms with van der Waals surface area (Å²) in [6.07, 6.45) is 2.11. The molecule has 6 nitrogen and oxygen atoms in total. The lowest BCUT2D eigenvalue weighted by Crippen LogP contribution is -2.52. The van der Waals surface area contributed by atoms with Gasteiger partial charge in [0.2, 0.25) is 11.8 Å². The Hall–Kier alpha value is -2.60. The van der Waals surface area contributed by atoms with Gasteiger partial charge in [-0.2, -0.15) is 0 Å². The predicted octanol–water partition coefficient (Wildman–Crippen LogP) is 3.29. The van der Waals surface area contributed by atoms with E-state index >= 15 is 0 Å². The fourth-order valence-electron chi connectivity index (χ4n) is 3.46. The molecule has 1 fully saturated rings. The highest BCUT2D eigenvalue weighted by atomic mass is 35.5. The van der Waals surface area contributed by atoms with E-state index in [1.54, 1.807) is 17.2 Å². The van der Waals surface area contributed by atoms with Gasteiger partial charge in [0, 0.05) is 38.8 Å².